The Kier molecular flexibility index (Phi) is 12.6. The van der Waals surface area contributed by atoms with Crippen molar-refractivity contribution in [2.45, 2.75) is 97.0 Å². The summed E-state index contributed by atoms with van der Waals surface area (Å²) >= 11 is 0. The van der Waals surface area contributed by atoms with Crippen LogP contribution in [0.1, 0.15) is 100 Å². The van der Waals surface area contributed by atoms with E-state index in [1.165, 1.54) is 32.1 Å². The van der Waals surface area contributed by atoms with Gasteiger partial charge < -0.3 is 9.84 Å². The molecule has 0 heterocycles. The van der Waals surface area contributed by atoms with Gasteiger partial charge in [-0.25, -0.2) is 0 Å². The van der Waals surface area contributed by atoms with Crippen molar-refractivity contribution in [3.63, 3.8) is 0 Å². The minimum atomic E-state index is -1.57. The average Bonchev–Trinajstić information content (AvgIpc) is 2.85. The molecule has 9 nitrogen and oxygen atoms in total. The van der Waals surface area contributed by atoms with Gasteiger partial charge in [-0.2, -0.15) is 4.39 Å². The Morgan fingerprint density at radius 1 is 0.974 bits per heavy atom. The first-order chi connectivity index (χ1) is 18.1. The summed E-state index contributed by atoms with van der Waals surface area (Å²) in [5.41, 5.74) is 0.711. The topological polar surface area (TPSA) is 133 Å². The second-order valence-electron chi connectivity index (χ2n) is 9.57. The highest BCUT2D eigenvalue weighted by atomic mass is 19.1. The molecule has 208 valence electrons. The van der Waals surface area contributed by atoms with Gasteiger partial charge in [0.15, 0.2) is 0 Å². The molecule has 0 aliphatic heterocycles. The molecule has 0 aliphatic carbocycles. The van der Waals surface area contributed by atoms with Crippen molar-refractivity contribution in [1.29, 1.82) is 0 Å². The van der Waals surface area contributed by atoms with Crippen molar-refractivity contribution in [2.75, 3.05) is 0 Å². The highest BCUT2D eigenvalue weighted by molar-refractivity contribution is 5.66. The zero-order chi connectivity index (χ0) is 28.1. The first kappa shape index (κ1) is 30.7. The number of nitrogens with zero attached hydrogens (tertiary/aromatic N) is 2. The highest BCUT2D eigenvalue weighted by Gasteiger charge is 2.32. The van der Waals surface area contributed by atoms with Gasteiger partial charge >= 0.3 is 17.3 Å². The Bertz CT molecular complexity index is 1110. The first-order valence-electron chi connectivity index (χ1n) is 13.2. The number of carboxylic acid groups (broad SMARTS) is 1. The fraction of sp³-hybridized carbons (Fsp3) is 0.536. The molecule has 10 heteroatoms. The molecule has 0 amide bonds. The molecule has 2 aromatic carbocycles. The second kappa shape index (κ2) is 15.6. The van der Waals surface area contributed by atoms with E-state index in [0.717, 1.165) is 48.1 Å². The number of halogens is 1. The molecule has 1 atom stereocenters. The van der Waals surface area contributed by atoms with Gasteiger partial charge in [-0.1, -0.05) is 63.6 Å². The summed E-state index contributed by atoms with van der Waals surface area (Å²) in [6.45, 7) is 4.10. The number of rotatable bonds is 18. The summed E-state index contributed by atoms with van der Waals surface area (Å²) in [6.07, 6.45) is 9.82. The number of aliphatic carboxylic acids is 1. The van der Waals surface area contributed by atoms with Crippen molar-refractivity contribution in [1.82, 2.24) is 0 Å². The molecule has 38 heavy (non-hydrogen) atoms. The predicted octanol–water partition coefficient (Wildman–Crippen LogP) is 8.01. The SMILES string of the molecule is CCCCCCCCCc1ccc([C@H](CCCCC(=O)O)Oc2ccc([N+](=O)[O-])c(F)c2[N+](=O)[O-])c(C)c1. The normalized spacial score (nSPS) is 11.8. The van der Waals surface area contributed by atoms with Gasteiger partial charge in [0.05, 0.1) is 9.85 Å². The lowest BCUT2D eigenvalue weighted by Crippen LogP contribution is -2.12. The van der Waals surface area contributed by atoms with Crippen LogP contribution in [0.5, 0.6) is 5.75 Å². The molecule has 0 aliphatic rings. The van der Waals surface area contributed by atoms with E-state index in [4.69, 9.17) is 9.84 Å². The maximum atomic E-state index is 14.6. The van der Waals surface area contributed by atoms with Crippen molar-refractivity contribution in [2.24, 2.45) is 0 Å². The fourth-order valence-electron chi connectivity index (χ4n) is 4.52. The summed E-state index contributed by atoms with van der Waals surface area (Å²) in [7, 11) is 0. The summed E-state index contributed by atoms with van der Waals surface area (Å²) in [6, 6.07) is 7.80. The number of hydrogen-bond acceptors (Lipinski definition) is 6. The Balaban J connectivity index is 2.23. The number of carbonyl (C=O) groups is 1. The number of nitro groups is 2. The van der Waals surface area contributed by atoms with Crippen molar-refractivity contribution in [3.8, 4) is 5.75 Å². The molecular formula is C28H37FN2O7. The van der Waals surface area contributed by atoms with E-state index in [9.17, 15) is 29.4 Å². The largest absolute Gasteiger partial charge is 0.481 e. The Morgan fingerprint density at radius 3 is 2.26 bits per heavy atom. The Labute approximate surface area is 222 Å². The molecular weight excluding hydrogens is 495 g/mol. The Morgan fingerprint density at radius 2 is 1.66 bits per heavy atom. The zero-order valence-corrected chi connectivity index (χ0v) is 22.1. The molecule has 0 saturated carbocycles. The number of ether oxygens (including phenoxy) is 1. The standard InChI is InChI=1S/C28H37FN2O7/c1-3-4-5-6-7-8-9-12-21-15-16-22(20(2)19-21)24(13-10-11-14-26(32)33)38-25-18-17-23(30(34)35)27(29)28(25)31(36)37/h15-19,24H,3-14H2,1-2H3,(H,32,33)/t24-/m0/s1. The number of unbranched alkanes of at least 4 members (excludes halogenated alkanes) is 7. The molecule has 2 aromatic rings. The molecule has 0 fully saturated rings. The van der Waals surface area contributed by atoms with Crippen LogP contribution in [0.15, 0.2) is 30.3 Å². The van der Waals surface area contributed by atoms with Gasteiger partial charge in [0, 0.05) is 12.5 Å². The average molecular weight is 533 g/mol. The summed E-state index contributed by atoms with van der Waals surface area (Å²) in [5, 5.41) is 31.6. The predicted molar refractivity (Wildman–Crippen MR) is 142 cm³/mol. The van der Waals surface area contributed by atoms with E-state index in [1.807, 2.05) is 25.1 Å². The van der Waals surface area contributed by atoms with Crippen LogP contribution in [0, 0.1) is 33.0 Å². The van der Waals surface area contributed by atoms with E-state index in [2.05, 4.69) is 6.92 Å². The lowest BCUT2D eigenvalue weighted by atomic mass is 9.95. The number of hydrogen-bond donors (Lipinski definition) is 1. The van der Waals surface area contributed by atoms with Gasteiger partial charge in [0.1, 0.15) is 6.10 Å². The minimum Gasteiger partial charge on any atom is -0.481 e. The van der Waals surface area contributed by atoms with Crippen LogP contribution in [0.25, 0.3) is 0 Å². The van der Waals surface area contributed by atoms with E-state index >= 15 is 0 Å². The van der Waals surface area contributed by atoms with E-state index in [0.29, 0.717) is 19.3 Å². The van der Waals surface area contributed by atoms with Crippen LogP contribution in [-0.4, -0.2) is 20.9 Å². The monoisotopic (exact) mass is 532 g/mol. The quantitative estimate of drug-likeness (QED) is 0.117. The zero-order valence-electron chi connectivity index (χ0n) is 22.1. The molecule has 0 unspecified atom stereocenters. The number of benzene rings is 2. The molecule has 0 bridgehead atoms. The van der Waals surface area contributed by atoms with Gasteiger partial charge in [0.2, 0.25) is 5.75 Å². The lowest BCUT2D eigenvalue weighted by Gasteiger charge is -2.22. The van der Waals surface area contributed by atoms with Crippen LogP contribution in [0.4, 0.5) is 15.8 Å². The minimum absolute atomic E-state index is 0.0323. The number of carboxylic acids is 1. The number of aryl methyl sites for hydroxylation is 2. The van der Waals surface area contributed by atoms with E-state index in [-0.39, 0.29) is 6.42 Å². The highest BCUT2D eigenvalue weighted by Crippen LogP contribution is 2.39. The molecule has 0 spiro atoms. The van der Waals surface area contributed by atoms with Crippen LogP contribution < -0.4 is 4.74 Å². The van der Waals surface area contributed by atoms with Crippen LogP contribution in [0.3, 0.4) is 0 Å². The lowest BCUT2D eigenvalue weighted by molar-refractivity contribution is -0.400. The third-order valence-electron chi connectivity index (χ3n) is 6.56. The van der Waals surface area contributed by atoms with Crippen LogP contribution >= 0.6 is 0 Å². The second-order valence-corrected chi connectivity index (χ2v) is 9.57. The molecule has 1 N–H and O–H groups in total. The van der Waals surface area contributed by atoms with Gasteiger partial charge in [-0.15, -0.1) is 0 Å². The van der Waals surface area contributed by atoms with Crippen molar-refractivity contribution in [3.05, 3.63) is 73.1 Å². The van der Waals surface area contributed by atoms with Crippen molar-refractivity contribution < 1.29 is 28.9 Å². The maximum Gasteiger partial charge on any atom is 0.353 e. The summed E-state index contributed by atoms with van der Waals surface area (Å²) in [5.74, 6) is -2.90. The van der Waals surface area contributed by atoms with Crippen LogP contribution in [0.2, 0.25) is 0 Å². The third kappa shape index (κ3) is 9.39. The maximum absolute atomic E-state index is 14.6. The van der Waals surface area contributed by atoms with Crippen LogP contribution in [-0.2, 0) is 11.2 Å². The van der Waals surface area contributed by atoms with Crippen molar-refractivity contribution >= 4 is 17.3 Å². The summed E-state index contributed by atoms with van der Waals surface area (Å²) < 4.78 is 20.6. The summed E-state index contributed by atoms with van der Waals surface area (Å²) in [4.78, 5) is 31.5. The number of nitro benzene ring substituents is 2. The van der Waals surface area contributed by atoms with Gasteiger partial charge in [-0.3, -0.25) is 25.0 Å². The van der Waals surface area contributed by atoms with E-state index < -0.39 is 44.9 Å². The molecule has 0 aromatic heterocycles. The smallest absolute Gasteiger partial charge is 0.353 e. The first-order valence-corrected chi connectivity index (χ1v) is 13.2. The fourth-order valence-corrected chi connectivity index (χ4v) is 4.52. The molecule has 0 radical (unpaired) electrons. The van der Waals surface area contributed by atoms with Gasteiger partial charge in [0.25, 0.3) is 5.82 Å². The van der Waals surface area contributed by atoms with Gasteiger partial charge in [-0.05, 0) is 61.8 Å². The third-order valence-corrected chi connectivity index (χ3v) is 6.56. The molecule has 0 saturated heterocycles. The van der Waals surface area contributed by atoms with E-state index in [1.54, 1.807) is 0 Å². The Hall–Kier alpha value is -3.56. The molecule has 2 rings (SSSR count).